The fourth-order valence-electron chi connectivity index (χ4n) is 4.35. The Morgan fingerprint density at radius 2 is 1.95 bits per heavy atom. The average Bonchev–Trinajstić information content (AvgIpc) is 2.46. The van der Waals surface area contributed by atoms with Gasteiger partial charge < -0.3 is 10.6 Å². The number of anilines is 1. The average molecular weight is 286 g/mol. The van der Waals surface area contributed by atoms with E-state index >= 15 is 0 Å². The minimum Gasteiger partial charge on any atom is -0.371 e. The molecular formula is C19H30N2. The molecular weight excluding hydrogens is 256 g/mol. The molecule has 2 fully saturated rings. The molecule has 0 bridgehead atoms. The SMILES string of the molecule is Cc1ccc(N2CCC3CCCCC3C2)c(CC(C)N)c1. The molecule has 21 heavy (non-hydrogen) atoms. The maximum absolute atomic E-state index is 6.06. The van der Waals surface area contributed by atoms with Gasteiger partial charge in [0.25, 0.3) is 0 Å². The molecule has 2 heteroatoms. The van der Waals surface area contributed by atoms with Crippen molar-refractivity contribution in [3.8, 4) is 0 Å². The van der Waals surface area contributed by atoms with E-state index in [0.717, 1.165) is 18.3 Å². The molecule has 1 aromatic carbocycles. The number of hydrogen-bond donors (Lipinski definition) is 1. The van der Waals surface area contributed by atoms with E-state index < -0.39 is 0 Å². The monoisotopic (exact) mass is 286 g/mol. The van der Waals surface area contributed by atoms with Crippen molar-refractivity contribution in [3.63, 3.8) is 0 Å². The first-order chi connectivity index (χ1) is 10.1. The van der Waals surface area contributed by atoms with Crippen molar-refractivity contribution >= 4 is 5.69 Å². The minimum atomic E-state index is 0.234. The van der Waals surface area contributed by atoms with E-state index in [4.69, 9.17) is 5.73 Å². The maximum atomic E-state index is 6.06. The van der Waals surface area contributed by atoms with Crippen molar-refractivity contribution in [3.05, 3.63) is 29.3 Å². The van der Waals surface area contributed by atoms with Gasteiger partial charge in [-0.2, -0.15) is 0 Å². The van der Waals surface area contributed by atoms with E-state index in [1.807, 2.05) is 0 Å². The molecule has 116 valence electrons. The van der Waals surface area contributed by atoms with Crippen LogP contribution in [0.25, 0.3) is 0 Å². The lowest BCUT2D eigenvalue weighted by Gasteiger charge is -2.43. The van der Waals surface area contributed by atoms with Crippen molar-refractivity contribution < 1.29 is 0 Å². The zero-order valence-corrected chi connectivity index (χ0v) is 13.6. The Hall–Kier alpha value is -1.02. The molecule has 1 aromatic rings. The largest absolute Gasteiger partial charge is 0.371 e. The molecule has 2 nitrogen and oxygen atoms in total. The number of aryl methyl sites for hydroxylation is 1. The van der Waals surface area contributed by atoms with Gasteiger partial charge in [-0.1, -0.05) is 37.0 Å². The van der Waals surface area contributed by atoms with E-state index in [0.29, 0.717) is 0 Å². The first-order valence-electron chi connectivity index (χ1n) is 8.73. The lowest BCUT2D eigenvalue weighted by molar-refractivity contribution is 0.202. The summed E-state index contributed by atoms with van der Waals surface area (Å²) in [7, 11) is 0. The summed E-state index contributed by atoms with van der Waals surface area (Å²) in [4.78, 5) is 2.64. The summed E-state index contributed by atoms with van der Waals surface area (Å²) in [6, 6.07) is 7.16. The Morgan fingerprint density at radius 1 is 1.19 bits per heavy atom. The number of fused-ring (bicyclic) bond motifs is 1. The van der Waals surface area contributed by atoms with Crippen LogP contribution in [0.2, 0.25) is 0 Å². The molecule has 0 spiro atoms. The lowest BCUT2D eigenvalue weighted by Crippen LogP contribution is -2.42. The van der Waals surface area contributed by atoms with Crippen LogP contribution in [0.15, 0.2) is 18.2 Å². The van der Waals surface area contributed by atoms with Gasteiger partial charge in [-0.15, -0.1) is 0 Å². The van der Waals surface area contributed by atoms with Gasteiger partial charge in [-0.3, -0.25) is 0 Å². The second-order valence-corrected chi connectivity index (χ2v) is 7.35. The van der Waals surface area contributed by atoms with Crippen LogP contribution in [0, 0.1) is 18.8 Å². The minimum absolute atomic E-state index is 0.234. The molecule has 2 N–H and O–H groups in total. The molecule has 0 aromatic heterocycles. The van der Waals surface area contributed by atoms with Gasteiger partial charge in [-0.05, 0) is 56.6 Å². The Kier molecular flexibility index (Phi) is 4.54. The Bertz CT molecular complexity index is 480. The first kappa shape index (κ1) is 14.9. The van der Waals surface area contributed by atoms with Gasteiger partial charge in [0.15, 0.2) is 0 Å². The zero-order valence-electron chi connectivity index (χ0n) is 13.6. The molecule has 3 unspecified atom stereocenters. The standard InChI is InChI=1S/C19H30N2/c1-14-7-8-19(18(11-14)12-15(2)20)21-10-9-16-5-3-4-6-17(16)13-21/h7-8,11,15-17H,3-6,9-10,12-13,20H2,1-2H3. The maximum Gasteiger partial charge on any atom is 0.0399 e. The lowest BCUT2D eigenvalue weighted by atomic mass is 9.75. The molecule has 3 atom stereocenters. The second kappa shape index (κ2) is 6.39. The van der Waals surface area contributed by atoms with Crippen LogP contribution in [-0.4, -0.2) is 19.1 Å². The van der Waals surface area contributed by atoms with Gasteiger partial charge in [0.2, 0.25) is 0 Å². The quantitative estimate of drug-likeness (QED) is 0.913. The number of benzene rings is 1. The predicted octanol–water partition coefficient (Wildman–Crippen LogP) is 3.90. The fraction of sp³-hybridized carbons (Fsp3) is 0.684. The van der Waals surface area contributed by atoms with E-state index in [1.54, 1.807) is 0 Å². The number of piperidine rings is 1. The topological polar surface area (TPSA) is 29.3 Å². The number of nitrogens with zero attached hydrogens (tertiary/aromatic N) is 1. The van der Waals surface area contributed by atoms with Gasteiger partial charge in [-0.25, -0.2) is 0 Å². The normalized spacial score (nSPS) is 27.3. The summed E-state index contributed by atoms with van der Waals surface area (Å²) in [5, 5.41) is 0. The molecule has 0 amide bonds. The first-order valence-corrected chi connectivity index (χ1v) is 8.73. The van der Waals surface area contributed by atoms with E-state index in [9.17, 15) is 0 Å². The highest BCUT2D eigenvalue weighted by molar-refractivity contribution is 5.55. The molecule has 3 rings (SSSR count). The van der Waals surface area contributed by atoms with Crippen molar-refractivity contribution in [1.82, 2.24) is 0 Å². The Balaban J connectivity index is 1.79. The van der Waals surface area contributed by atoms with Crippen LogP contribution >= 0.6 is 0 Å². The molecule has 2 aliphatic rings. The van der Waals surface area contributed by atoms with Crippen LogP contribution in [0.5, 0.6) is 0 Å². The summed E-state index contributed by atoms with van der Waals surface area (Å²) in [6.07, 6.45) is 8.18. The van der Waals surface area contributed by atoms with Crippen molar-refractivity contribution in [2.24, 2.45) is 17.6 Å². The summed E-state index contributed by atoms with van der Waals surface area (Å²) >= 11 is 0. The van der Waals surface area contributed by atoms with Gasteiger partial charge in [0, 0.05) is 24.8 Å². The van der Waals surface area contributed by atoms with Crippen LogP contribution in [0.4, 0.5) is 5.69 Å². The third-order valence-corrected chi connectivity index (χ3v) is 5.41. The Labute approximate surface area is 129 Å². The molecule has 1 aliphatic carbocycles. The van der Waals surface area contributed by atoms with Gasteiger partial charge in [0.05, 0.1) is 0 Å². The Morgan fingerprint density at radius 3 is 2.71 bits per heavy atom. The second-order valence-electron chi connectivity index (χ2n) is 7.35. The number of rotatable bonds is 3. The van der Waals surface area contributed by atoms with Crippen molar-refractivity contribution in [2.75, 3.05) is 18.0 Å². The van der Waals surface area contributed by atoms with Crippen LogP contribution in [-0.2, 0) is 6.42 Å². The summed E-state index contributed by atoms with van der Waals surface area (Å²) < 4.78 is 0. The van der Waals surface area contributed by atoms with Gasteiger partial charge >= 0.3 is 0 Å². The zero-order chi connectivity index (χ0) is 14.8. The number of nitrogens with two attached hydrogens (primary N) is 1. The van der Waals surface area contributed by atoms with Crippen molar-refractivity contribution in [2.45, 2.75) is 58.4 Å². The highest BCUT2D eigenvalue weighted by atomic mass is 15.1. The predicted molar refractivity (Wildman–Crippen MR) is 90.8 cm³/mol. The van der Waals surface area contributed by atoms with Crippen LogP contribution in [0.1, 0.15) is 50.2 Å². The molecule has 1 saturated heterocycles. The molecule has 1 saturated carbocycles. The van der Waals surface area contributed by atoms with E-state index in [1.165, 1.54) is 62.0 Å². The third-order valence-electron chi connectivity index (χ3n) is 5.41. The van der Waals surface area contributed by atoms with E-state index in [2.05, 4.69) is 36.9 Å². The molecule has 1 heterocycles. The summed E-state index contributed by atoms with van der Waals surface area (Å²) in [5.41, 5.74) is 10.3. The number of hydrogen-bond acceptors (Lipinski definition) is 2. The fourth-order valence-corrected chi connectivity index (χ4v) is 4.35. The highest BCUT2D eigenvalue weighted by Gasteiger charge is 2.31. The van der Waals surface area contributed by atoms with Crippen molar-refractivity contribution in [1.29, 1.82) is 0 Å². The summed E-state index contributed by atoms with van der Waals surface area (Å²) in [5.74, 6) is 1.93. The highest BCUT2D eigenvalue weighted by Crippen LogP contribution is 2.38. The smallest absolute Gasteiger partial charge is 0.0399 e. The van der Waals surface area contributed by atoms with E-state index in [-0.39, 0.29) is 6.04 Å². The van der Waals surface area contributed by atoms with Crippen LogP contribution in [0.3, 0.4) is 0 Å². The molecule has 1 aliphatic heterocycles. The summed E-state index contributed by atoms with van der Waals surface area (Å²) in [6.45, 7) is 6.79. The molecule has 0 radical (unpaired) electrons. The van der Waals surface area contributed by atoms with Gasteiger partial charge in [0.1, 0.15) is 0 Å². The van der Waals surface area contributed by atoms with Crippen LogP contribution < -0.4 is 10.6 Å². The third kappa shape index (κ3) is 3.42.